The molecule has 140 valence electrons. The van der Waals surface area contributed by atoms with Gasteiger partial charge in [-0.2, -0.15) is 10.5 Å². The van der Waals surface area contributed by atoms with Gasteiger partial charge in [-0.15, -0.1) is 0 Å². The summed E-state index contributed by atoms with van der Waals surface area (Å²) in [7, 11) is 1.56. The number of aryl methyl sites for hydroxylation is 1. The third-order valence-corrected chi connectivity index (χ3v) is 5.27. The van der Waals surface area contributed by atoms with E-state index in [0.29, 0.717) is 17.7 Å². The molecule has 2 atom stereocenters. The van der Waals surface area contributed by atoms with Gasteiger partial charge in [-0.3, -0.25) is 10.1 Å². The van der Waals surface area contributed by atoms with Crippen LogP contribution in [0.5, 0.6) is 5.75 Å². The van der Waals surface area contributed by atoms with E-state index in [1.54, 1.807) is 19.2 Å². The topological polar surface area (TPSA) is 99.9 Å². The van der Waals surface area contributed by atoms with Crippen LogP contribution in [-0.4, -0.2) is 18.6 Å². The van der Waals surface area contributed by atoms with Crippen LogP contribution in [0.4, 0.5) is 0 Å². The Morgan fingerprint density at radius 3 is 2.50 bits per heavy atom. The second kappa shape index (κ2) is 8.37. The largest absolute Gasteiger partial charge is 0.497 e. The molecule has 0 aliphatic heterocycles. The van der Waals surface area contributed by atoms with Crippen LogP contribution >= 0.6 is 0 Å². The molecule has 0 N–H and O–H groups in total. The summed E-state index contributed by atoms with van der Waals surface area (Å²) < 4.78 is 5.19. The molecule has 0 bridgehead atoms. The first-order chi connectivity index (χ1) is 13.6. The lowest BCUT2D eigenvalue weighted by Gasteiger charge is -2.32. The van der Waals surface area contributed by atoms with E-state index in [2.05, 4.69) is 0 Å². The summed E-state index contributed by atoms with van der Waals surface area (Å²) in [6.07, 6.45) is 1.39. The molecule has 6 heteroatoms. The number of nitrogens with zero attached hydrogens (tertiary/aromatic N) is 3. The minimum Gasteiger partial charge on any atom is -0.497 e. The zero-order valence-corrected chi connectivity index (χ0v) is 15.5. The van der Waals surface area contributed by atoms with Crippen molar-refractivity contribution in [3.05, 3.63) is 80.9 Å². The molecular formula is C22H19N3O3. The van der Waals surface area contributed by atoms with E-state index in [1.165, 1.54) is 0 Å². The summed E-state index contributed by atoms with van der Waals surface area (Å²) in [6.45, 7) is -0.271. The normalized spacial score (nSPS) is 16.2. The van der Waals surface area contributed by atoms with Gasteiger partial charge in [0, 0.05) is 4.92 Å². The molecule has 0 radical (unpaired) electrons. The Morgan fingerprint density at radius 1 is 1.21 bits per heavy atom. The predicted octanol–water partition coefficient (Wildman–Crippen LogP) is 4.12. The summed E-state index contributed by atoms with van der Waals surface area (Å²) in [5.74, 6) is -0.0629. The molecule has 0 amide bonds. The second-order valence-electron chi connectivity index (χ2n) is 6.71. The minimum atomic E-state index is -0.444. The van der Waals surface area contributed by atoms with Crippen molar-refractivity contribution in [3.63, 3.8) is 0 Å². The Hall–Kier alpha value is -3.64. The van der Waals surface area contributed by atoms with Crippen LogP contribution in [-0.2, 0) is 6.42 Å². The first kappa shape index (κ1) is 19.1. The van der Waals surface area contributed by atoms with Gasteiger partial charge in [-0.05, 0) is 53.2 Å². The van der Waals surface area contributed by atoms with Crippen LogP contribution in [0.25, 0.3) is 5.57 Å². The highest BCUT2D eigenvalue weighted by molar-refractivity contribution is 5.80. The Kier molecular flexibility index (Phi) is 5.72. The molecule has 0 saturated carbocycles. The minimum absolute atomic E-state index is 0.0269. The molecule has 2 aromatic rings. The van der Waals surface area contributed by atoms with Crippen molar-refractivity contribution in [1.29, 1.82) is 10.5 Å². The molecule has 0 aromatic heterocycles. The smallest absolute Gasteiger partial charge is 0.211 e. The van der Waals surface area contributed by atoms with Gasteiger partial charge < -0.3 is 4.74 Å². The van der Waals surface area contributed by atoms with Gasteiger partial charge in [-0.25, -0.2) is 0 Å². The Bertz CT molecular complexity index is 981. The number of hydrogen-bond donors (Lipinski definition) is 0. The number of ether oxygens (including phenoxy) is 1. The van der Waals surface area contributed by atoms with Crippen molar-refractivity contribution >= 4 is 5.57 Å². The standard InChI is InChI=1S/C22H19N3O3/c1-28-18-9-6-16(7-10-18)21(14-25(26)27)20-11-8-15-4-2-3-5-19(15)22(20)17(12-23)13-24/h2-7,9-10,20-21H,8,11,14H2,1H3/t20-,21+/m0/s1. The van der Waals surface area contributed by atoms with Crippen molar-refractivity contribution in [3.8, 4) is 17.9 Å². The van der Waals surface area contributed by atoms with E-state index < -0.39 is 5.92 Å². The van der Waals surface area contributed by atoms with Crippen molar-refractivity contribution in [2.24, 2.45) is 5.92 Å². The average molecular weight is 373 g/mol. The lowest BCUT2D eigenvalue weighted by Crippen LogP contribution is -2.26. The first-order valence-electron chi connectivity index (χ1n) is 8.97. The van der Waals surface area contributed by atoms with E-state index in [4.69, 9.17) is 4.74 Å². The number of benzene rings is 2. The summed E-state index contributed by atoms with van der Waals surface area (Å²) in [6, 6.07) is 18.9. The molecule has 28 heavy (non-hydrogen) atoms. The molecule has 2 aromatic carbocycles. The lowest BCUT2D eigenvalue weighted by molar-refractivity contribution is -0.484. The number of hydrogen-bond acceptors (Lipinski definition) is 5. The van der Waals surface area contributed by atoms with E-state index in [1.807, 2.05) is 48.5 Å². The van der Waals surface area contributed by atoms with Crippen molar-refractivity contribution in [2.75, 3.05) is 13.7 Å². The maximum absolute atomic E-state index is 11.4. The summed E-state index contributed by atoms with van der Waals surface area (Å²) in [4.78, 5) is 11.1. The zero-order chi connectivity index (χ0) is 20.1. The van der Waals surface area contributed by atoms with Crippen LogP contribution in [0, 0.1) is 38.7 Å². The highest BCUT2D eigenvalue weighted by Gasteiger charge is 2.36. The van der Waals surface area contributed by atoms with Crippen LogP contribution < -0.4 is 4.74 Å². The highest BCUT2D eigenvalue weighted by atomic mass is 16.6. The number of methoxy groups -OCH3 is 1. The molecule has 0 unspecified atom stereocenters. The lowest BCUT2D eigenvalue weighted by atomic mass is 9.70. The van der Waals surface area contributed by atoms with Crippen molar-refractivity contribution < 1.29 is 9.66 Å². The van der Waals surface area contributed by atoms with Gasteiger partial charge in [0.25, 0.3) is 0 Å². The molecule has 0 saturated heterocycles. The van der Waals surface area contributed by atoms with E-state index in [-0.39, 0.29) is 23.0 Å². The molecule has 0 heterocycles. The van der Waals surface area contributed by atoms with Gasteiger partial charge in [0.15, 0.2) is 0 Å². The zero-order valence-electron chi connectivity index (χ0n) is 15.5. The number of nitriles is 2. The third-order valence-electron chi connectivity index (χ3n) is 5.27. The maximum Gasteiger partial charge on any atom is 0.211 e. The van der Waals surface area contributed by atoms with Crippen molar-refractivity contribution in [2.45, 2.75) is 18.8 Å². The van der Waals surface area contributed by atoms with Gasteiger partial charge in [0.05, 0.1) is 13.0 Å². The van der Waals surface area contributed by atoms with Gasteiger partial charge in [0.1, 0.15) is 23.5 Å². The second-order valence-corrected chi connectivity index (χ2v) is 6.71. The quantitative estimate of drug-likeness (QED) is 0.446. The molecule has 1 aliphatic carbocycles. The number of rotatable bonds is 5. The fraction of sp³-hybridized carbons (Fsp3) is 0.273. The van der Waals surface area contributed by atoms with E-state index in [0.717, 1.165) is 23.1 Å². The predicted molar refractivity (Wildman–Crippen MR) is 104 cm³/mol. The SMILES string of the molecule is COc1ccc([C@@H](C[N+](=O)[O-])[C@@H]2CCc3ccccc3C2=C(C#N)C#N)cc1. The third kappa shape index (κ3) is 3.72. The van der Waals surface area contributed by atoms with Crippen LogP contribution in [0.15, 0.2) is 54.1 Å². The highest BCUT2D eigenvalue weighted by Crippen LogP contribution is 2.45. The monoisotopic (exact) mass is 373 g/mol. The molecule has 3 rings (SSSR count). The van der Waals surface area contributed by atoms with Gasteiger partial charge in [-0.1, -0.05) is 36.4 Å². The fourth-order valence-corrected chi connectivity index (χ4v) is 4.00. The summed E-state index contributed by atoms with van der Waals surface area (Å²) >= 11 is 0. The van der Waals surface area contributed by atoms with Crippen LogP contribution in [0.1, 0.15) is 29.0 Å². The molecule has 0 spiro atoms. The number of fused-ring (bicyclic) bond motifs is 1. The Morgan fingerprint density at radius 2 is 1.89 bits per heavy atom. The van der Waals surface area contributed by atoms with E-state index in [9.17, 15) is 20.6 Å². The summed E-state index contributed by atoms with van der Waals surface area (Å²) in [5, 5.41) is 30.5. The fourth-order valence-electron chi connectivity index (χ4n) is 4.00. The molecule has 1 aliphatic rings. The Labute approximate surface area is 163 Å². The first-order valence-corrected chi connectivity index (χ1v) is 8.97. The molecule has 0 fully saturated rings. The number of allylic oxidation sites excluding steroid dienone is 2. The average Bonchev–Trinajstić information content (AvgIpc) is 2.73. The molecule has 6 nitrogen and oxygen atoms in total. The van der Waals surface area contributed by atoms with Crippen LogP contribution in [0.2, 0.25) is 0 Å². The summed E-state index contributed by atoms with van der Waals surface area (Å²) in [5.41, 5.74) is 3.35. The molecular weight excluding hydrogens is 354 g/mol. The van der Waals surface area contributed by atoms with E-state index >= 15 is 0 Å². The van der Waals surface area contributed by atoms with Gasteiger partial charge >= 0.3 is 0 Å². The Balaban J connectivity index is 2.15. The maximum atomic E-state index is 11.4. The number of nitro groups is 1. The van der Waals surface area contributed by atoms with Crippen LogP contribution in [0.3, 0.4) is 0 Å². The van der Waals surface area contributed by atoms with Gasteiger partial charge in [0.2, 0.25) is 6.54 Å². The van der Waals surface area contributed by atoms with Crippen molar-refractivity contribution in [1.82, 2.24) is 0 Å².